The Morgan fingerprint density at radius 2 is 2.21 bits per heavy atom. The van der Waals surface area contributed by atoms with Crippen LogP contribution in [-0.4, -0.2) is 38.6 Å². The number of carbonyl (C=O) groups excluding carboxylic acids is 1. The fourth-order valence-corrected chi connectivity index (χ4v) is 3.74. The van der Waals surface area contributed by atoms with Gasteiger partial charge in [0.1, 0.15) is 5.82 Å². The second-order valence-electron chi connectivity index (χ2n) is 6.18. The van der Waals surface area contributed by atoms with Gasteiger partial charge in [0, 0.05) is 24.7 Å². The highest BCUT2D eigenvalue weighted by molar-refractivity contribution is 7.98. The first-order valence-corrected chi connectivity index (χ1v) is 9.72. The van der Waals surface area contributed by atoms with Gasteiger partial charge in [-0.25, -0.2) is 9.97 Å². The Labute approximate surface area is 147 Å². The number of likely N-dealkylation sites (tertiary alicyclic amines) is 1. The highest BCUT2D eigenvalue weighted by atomic mass is 32.2. The summed E-state index contributed by atoms with van der Waals surface area (Å²) in [6, 6.07) is 2.16. The SMILES string of the molecule is CCC(=O)N1CCCCC1c1ncc(-c2cnc(SC)cc2C)[nH]1. The number of hydrogen-bond acceptors (Lipinski definition) is 4. The van der Waals surface area contributed by atoms with Crippen molar-refractivity contribution in [3.05, 3.63) is 29.8 Å². The van der Waals surface area contributed by atoms with Crippen molar-refractivity contribution >= 4 is 17.7 Å². The minimum absolute atomic E-state index is 0.0682. The predicted molar refractivity (Wildman–Crippen MR) is 96.9 cm³/mol. The molecule has 1 fully saturated rings. The zero-order valence-corrected chi connectivity index (χ0v) is 15.3. The largest absolute Gasteiger partial charge is 0.340 e. The minimum Gasteiger partial charge on any atom is -0.340 e. The van der Waals surface area contributed by atoms with E-state index in [1.807, 2.05) is 30.5 Å². The number of hydrogen-bond donors (Lipinski definition) is 1. The quantitative estimate of drug-likeness (QED) is 0.853. The van der Waals surface area contributed by atoms with Crippen molar-refractivity contribution in [2.45, 2.75) is 50.6 Å². The van der Waals surface area contributed by atoms with Gasteiger partial charge in [-0.2, -0.15) is 0 Å². The average Bonchev–Trinajstić information content (AvgIpc) is 3.10. The van der Waals surface area contributed by atoms with E-state index in [-0.39, 0.29) is 11.9 Å². The third kappa shape index (κ3) is 3.34. The van der Waals surface area contributed by atoms with Gasteiger partial charge in [-0.05, 0) is 44.1 Å². The molecular weight excluding hydrogens is 320 g/mol. The lowest BCUT2D eigenvalue weighted by Gasteiger charge is -2.34. The van der Waals surface area contributed by atoms with E-state index in [1.165, 1.54) is 5.56 Å². The molecule has 1 aliphatic rings. The third-order valence-electron chi connectivity index (χ3n) is 4.62. The zero-order chi connectivity index (χ0) is 17.1. The van der Waals surface area contributed by atoms with Gasteiger partial charge in [-0.1, -0.05) is 6.92 Å². The number of amides is 1. The molecule has 1 aliphatic heterocycles. The number of pyridine rings is 1. The van der Waals surface area contributed by atoms with E-state index >= 15 is 0 Å². The summed E-state index contributed by atoms with van der Waals surface area (Å²) in [6.07, 6.45) is 9.52. The van der Waals surface area contributed by atoms with Gasteiger partial charge in [-0.3, -0.25) is 4.79 Å². The molecule has 1 unspecified atom stereocenters. The number of imidazole rings is 1. The number of aromatic nitrogens is 3. The van der Waals surface area contributed by atoms with Crippen molar-refractivity contribution in [2.75, 3.05) is 12.8 Å². The first-order chi connectivity index (χ1) is 11.6. The maximum Gasteiger partial charge on any atom is 0.222 e. The summed E-state index contributed by atoms with van der Waals surface area (Å²) in [5, 5.41) is 1.02. The van der Waals surface area contributed by atoms with Crippen molar-refractivity contribution in [3.8, 4) is 11.3 Å². The fraction of sp³-hybridized carbons (Fsp3) is 0.500. The summed E-state index contributed by atoms with van der Waals surface area (Å²) in [5.74, 6) is 1.10. The molecule has 2 aromatic rings. The highest BCUT2D eigenvalue weighted by Crippen LogP contribution is 2.32. The average molecular weight is 344 g/mol. The van der Waals surface area contributed by atoms with Crippen LogP contribution in [0.5, 0.6) is 0 Å². The number of H-pyrrole nitrogens is 1. The van der Waals surface area contributed by atoms with E-state index in [0.717, 1.165) is 47.9 Å². The van der Waals surface area contributed by atoms with Gasteiger partial charge in [0.05, 0.1) is 23.0 Å². The number of nitrogens with one attached hydrogen (secondary N) is 1. The number of thioether (sulfide) groups is 1. The molecule has 0 radical (unpaired) electrons. The van der Waals surface area contributed by atoms with Crippen LogP contribution >= 0.6 is 11.8 Å². The number of aromatic amines is 1. The van der Waals surface area contributed by atoms with Crippen LogP contribution in [0.1, 0.15) is 50.0 Å². The van der Waals surface area contributed by atoms with Gasteiger partial charge in [0.2, 0.25) is 5.91 Å². The highest BCUT2D eigenvalue weighted by Gasteiger charge is 2.29. The number of rotatable bonds is 4. The van der Waals surface area contributed by atoms with Crippen LogP contribution in [0.4, 0.5) is 0 Å². The lowest BCUT2D eigenvalue weighted by molar-refractivity contribution is -0.134. The summed E-state index contributed by atoms with van der Waals surface area (Å²) in [6.45, 7) is 4.84. The van der Waals surface area contributed by atoms with Gasteiger partial charge in [-0.15, -0.1) is 11.8 Å². The lowest BCUT2D eigenvalue weighted by atomic mass is 10.0. The molecule has 0 saturated carbocycles. The molecule has 128 valence electrons. The van der Waals surface area contributed by atoms with Gasteiger partial charge < -0.3 is 9.88 Å². The molecule has 1 atom stereocenters. The van der Waals surface area contributed by atoms with Gasteiger partial charge in [0.25, 0.3) is 0 Å². The van der Waals surface area contributed by atoms with Crippen LogP contribution in [0.3, 0.4) is 0 Å². The Hall–Kier alpha value is -1.82. The van der Waals surface area contributed by atoms with E-state index in [0.29, 0.717) is 6.42 Å². The van der Waals surface area contributed by atoms with Gasteiger partial charge in [0.15, 0.2) is 0 Å². The molecule has 0 aromatic carbocycles. The number of nitrogens with zero attached hydrogens (tertiary/aromatic N) is 3. The van der Waals surface area contributed by atoms with E-state index in [4.69, 9.17) is 0 Å². The smallest absolute Gasteiger partial charge is 0.222 e. The van der Waals surface area contributed by atoms with Crippen molar-refractivity contribution in [1.82, 2.24) is 19.9 Å². The maximum atomic E-state index is 12.2. The molecule has 1 saturated heterocycles. The summed E-state index contributed by atoms with van der Waals surface area (Å²) >= 11 is 1.64. The normalized spacial score (nSPS) is 18.0. The summed E-state index contributed by atoms with van der Waals surface area (Å²) in [4.78, 5) is 26.7. The Bertz CT molecular complexity index is 728. The van der Waals surface area contributed by atoms with Crippen LogP contribution in [0, 0.1) is 6.92 Å². The van der Waals surface area contributed by atoms with Gasteiger partial charge >= 0.3 is 0 Å². The minimum atomic E-state index is 0.0682. The van der Waals surface area contributed by atoms with Crippen LogP contribution in [-0.2, 0) is 4.79 Å². The third-order valence-corrected chi connectivity index (χ3v) is 5.26. The van der Waals surface area contributed by atoms with E-state index in [9.17, 15) is 4.79 Å². The number of piperidine rings is 1. The van der Waals surface area contributed by atoms with E-state index in [2.05, 4.69) is 27.9 Å². The first kappa shape index (κ1) is 17.0. The maximum absolute atomic E-state index is 12.2. The Morgan fingerprint density at radius 3 is 2.92 bits per heavy atom. The molecule has 0 spiro atoms. The molecule has 1 N–H and O–H groups in total. The summed E-state index contributed by atoms with van der Waals surface area (Å²) in [7, 11) is 0. The van der Waals surface area contributed by atoms with Crippen molar-refractivity contribution < 1.29 is 4.79 Å². The summed E-state index contributed by atoms with van der Waals surface area (Å²) in [5.41, 5.74) is 3.21. The second-order valence-corrected chi connectivity index (χ2v) is 7.00. The second kappa shape index (κ2) is 7.38. The molecule has 0 aliphatic carbocycles. The van der Waals surface area contributed by atoms with E-state index < -0.39 is 0 Å². The predicted octanol–water partition coefficient (Wildman–Crippen LogP) is 3.97. The monoisotopic (exact) mass is 344 g/mol. The number of carbonyl (C=O) groups is 1. The molecule has 1 amide bonds. The topological polar surface area (TPSA) is 61.9 Å². The molecule has 3 heterocycles. The van der Waals surface area contributed by atoms with Crippen LogP contribution in [0.2, 0.25) is 0 Å². The molecule has 2 aromatic heterocycles. The van der Waals surface area contributed by atoms with Crippen molar-refractivity contribution in [3.63, 3.8) is 0 Å². The molecule has 0 bridgehead atoms. The standard InChI is InChI=1S/C18H24N4OS/c1-4-17(23)22-8-6-5-7-15(22)18-20-11-14(21-18)13-10-19-16(24-3)9-12(13)2/h9-11,15H,4-8H2,1-3H3,(H,20,21). The van der Waals surface area contributed by atoms with Crippen molar-refractivity contribution in [1.29, 1.82) is 0 Å². The Morgan fingerprint density at radius 1 is 1.38 bits per heavy atom. The Balaban J connectivity index is 1.88. The molecule has 24 heavy (non-hydrogen) atoms. The fourth-order valence-electron chi connectivity index (χ4n) is 3.28. The first-order valence-electron chi connectivity index (χ1n) is 8.49. The van der Waals surface area contributed by atoms with Crippen LogP contribution < -0.4 is 0 Å². The van der Waals surface area contributed by atoms with Crippen LogP contribution in [0.25, 0.3) is 11.3 Å². The molecule has 6 heteroatoms. The molecule has 3 rings (SSSR count). The summed E-state index contributed by atoms with van der Waals surface area (Å²) < 4.78 is 0. The van der Waals surface area contributed by atoms with Crippen molar-refractivity contribution in [2.24, 2.45) is 0 Å². The number of aryl methyl sites for hydroxylation is 1. The molecular formula is C18H24N4OS. The van der Waals surface area contributed by atoms with Crippen LogP contribution in [0.15, 0.2) is 23.5 Å². The zero-order valence-electron chi connectivity index (χ0n) is 14.5. The Kier molecular flexibility index (Phi) is 5.23. The molecule has 5 nitrogen and oxygen atoms in total. The van der Waals surface area contributed by atoms with E-state index in [1.54, 1.807) is 11.8 Å². The lowest BCUT2D eigenvalue weighted by Crippen LogP contribution is -2.38.